The van der Waals surface area contributed by atoms with E-state index in [0.717, 1.165) is 11.8 Å². The number of benzene rings is 1. The number of rotatable bonds is 7. The van der Waals surface area contributed by atoms with Crippen LogP contribution in [0.3, 0.4) is 0 Å². The van der Waals surface area contributed by atoms with Crippen molar-refractivity contribution in [3.63, 3.8) is 0 Å². The van der Waals surface area contributed by atoms with Crippen LogP contribution in [0.25, 0.3) is 11.4 Å². The Morgan fingerprint density at radius 3 is 2.87 bits per heavy atom. The van der Waals surface area contributed by atoms with Gasteiger partial charge in [-0.05, 0) is 26.0 Å². The summed E-state index contributed by atoms with van der Waals surface area (Å²) >= 11 is 0.955. The van der Waals surface area contributed by atoms with Crippen LogP contribution in [-0.4, -0.2) is 43.0 Å². The van der Waals surface area contributed by atoms with E-state index in [9.17, 15) is 14.9 Å². The number of nitrogens with one attached hydrogen (secondary N) is 1. The van der Waals surface area contributed by atoms with Crippen LogP contribution in [-0.2, 0) is 4.79 Å². The van der Waals surface area contributed by atoms with Crippen LogP contribution < -0.4 is 4.74 Å². The molecule has 122 valence electrons. The van der Waals surface area contributed by atoms with Crippen LogP contribution in [0.4, 0.5) is 5.69 Å². The summed E-state index contributed by atoms with van der Waals surface area (Å²) in [4.78, 5) is 25.3. The van der Waals surface area contributed by atoms with Crippen molar-refractivity contribution in [2.24, 2.45) is 0 Å². The number of aliphatic carboxylic acids is 1. The Morgan fingerprint density at radius 2 is 2.26 bits per heavy atom. The molecule has 1 aromatic carbocycles. The maximum Gasteiger partial charge on any atom is 0.313 e. The number of carboxylic acids is 1. The van der Waals surface area contributed by atoms with E-state index < -0.39 is 10.9 Å². The predicted molar refractivity (Wildman–Crippen MR) is 82.6 cm³/mol. The summed E-state index contributed by atoms with van der Waals surface area (Å²) in [5.74, 6) is -0.656. The first-order valence-electron chi connectivity index (χ1n) is 6.59. The van der Waals surface area contributed by atoms with Gasteiger partial charge in [-0.1, -0.05) is 11.8 Å². The lowest BCUT2D eigenvalue weighted by molar-refractivity contribution is -0.386. The van der Waals surface area contributed by atoms with Crippen molar-refractivity contribution in [2.45, 2.75) is 25.1 Å². The first-order chi connectivity index (χ1) is 10.9. The molecule has 0 bridgehead atoms. The number of ether oxygens (including phenoxy) is 1. The molecule has 2 rings (SSSR count). The van der Waals surface area contributed by atoms with Crippen LogP contribution in [0.1, 0.15) is 13.8 Å². The fraction of sp³-hybridized carbons (Fsp3) is 0.308. The number of thioether (sulfide) groups is 1. The lowest BCUT2D eigenvalue weighted by Gasteiger charge is -2.10. The second-order valence-electron chi connectivity index (χ2n) is 4.76. The van der Waals surface area contributed by atoms with E-state index in [1.165, 1.54) is 12.1 Å². The molecule has 10 heteroatoms. The molecule has 0 spiro atoms. The number of nitro benzene ring substituents is 1. The average molecular weight is 338 g/mol. The van der Waals surface area contributed by atoms with Gasteiger partial charge in [0.1, 0.15) is 0 Å². The van der Waals surface area contributed by atoms with Crippen LogP contribution in [0.15, 0.2) is 23.4 Å². The third kappa shape index (κ3) is 4.42. The molecule has 2 aromatic rings. The molecule has 0 amide bonds. The van der Waals surface area contributed by atoms with Gasteiger partial charge in [0.15, 0.2) is 11.6 Å². The minimum absolute atomic E-state index is 0.168. The van der Waals surface area contributed by atoms with Gasteiger partial charge in [0.25, 0.3) is 0 Å². The first-order valence-corrected chi connectivity index (χ1v) is 7.58. The smallest absolute Gasteiger partial charge is 0.313 e. The Kier molecular flexibility index (Phi) is 5.16. The largest absolute Gasteiger partial charge is 0.484 e. The number of nitrogens with zero attached hydrogens (tertiary/aromatic N) is 3. The van der Waals surface area contributed by atoms with Gasteiger partial charge in [0.2, 0.25) is 5.16 Å². The molecule has 0 unspecified atom stereocenters. The summed E-state index contributed by atoms with van der Waals surface area (Å²) in [5.41, 5.74) is 0.287. The van der Waals surface area contributed by atoms with Gasteiger partial charge in [0.05, 0.1) is 16.8 Å². The Hall–Kier alpha value is -2.62. The zero-order valence-electron chi connectivity index (χ0n) is 12.3. The van der Waals surface area contributed by atoms with Gasteiger partial charge in [-0.25, -0.2) is 4.98 Å². The fourth-order valence-electron chi connectivity index (χ4n) is 1.73. The van der Waals surface area contributed by atoms with Gasteiger partial charge in [-0.15, -0.1) is 5.10 Å². The molecule has 0 aliphatic heterocycles. The summed E-state index contributed by atoms with van der Waals surface area (Å²) in [6, 6.07) is 4.46. The number of hydrogen-bond donors (Lipinski definition) is 2. The van der Waals surface area contributed by atoms with Gasteiger partial charge < -0.3 is 9.84 Å². The van der Waals surface area contributed by atoms with Crippen molar-refractivity contribution in [2.75, 3.05) is 5.75 Å². The summed E-state index contributed by atoms with van der Waals surface area (Å²) < 4.78 is 5.41. The van der Waals surface area contributed by atoms with E-state index >= 15 is 0 Å². The SMILES string of the molecule is CC(C)Oc1ccc(-c2nc(SCC(=O)O)n[nH]2)cc1[N+](=O)[O-]. The summed E-state index contributed by atoms with van der Waals surface area (Å²) in [6.45, 7) is 3.56. The minimum atomic E-state index is -0.979. The highest BCUT2D eigenvalue weighted by atomic mass is 32.2. The third-order valence-electron chi connectivity index (χ3n) is 2.58. The molecule has 9 nitrogen and oxygen atoms in total. The Balaban J connectivity index is 2.28. The molecule has 0 saturated carbocycles. The third-order valence-corrected chi connectivity index (χ3v) is 3.41. The summed E-state index contributed by atoms with van der Waals surface area (Å²) in [7, 11) is 0. The second-order valence-corrected chi connectivity index (χ2v) is 5.70. The zero-order chi connectivity index (χ0) is 17.0. The lowest BCUT2D eigenvalue weighted by atomic mass is 10.2. The van der Waals surface area contributed by atoms with Gasteiger partial charge in [-0.2, -0.15) is 0 Å². The molecule has 23 heavy (non-hydrogen) atoms. The van der Waals surface area contributed by atoms with Crippen LogP contribution in [0.2, 0.25) is 0 Å². The number of nitro groups is 1. The Bertz CT molecular complexity index is 731. The molecule has 0 atom stereocenters. The molecule has 0 radical (unpaired) electrons. The van der Waals surface area contributed by atoms with E-state index in [1.807, 2.05) is 0 Å². The highest BCUT2D eigenvalue weighted by Gasteiger charge is 2.19. The van der Waals surface area contributed by atoms with E-state index in [0.29, 0.717) is 11.4 Å². The Labute approximate surface area is 135 Å². The normalized spacial score (nSPS) is 10.7. The molecule has 2 N–H and O–H groups in total. The number of H-pyrrole nitrogens is 1. The van der Waals surface area contributed by atoms with E-state index in [2.05, 4.69) is 15.2 Å². The standard InChI is InChI=1S/C13H14N4O5S/c1-7(2)22-10-4-3-8(5-9(10)17(20)21)12-14-13(16-15-12)23-6-11(18)19/h3-5,7H,6H2,1-2H3,(H,18,19)(H,14,15,16). The lowest BCUT2D eigenvalue weighted by Crippen LogP contribution is -2.07. The van der Waals surface area contributed by atoms with Crippen molar-refractivity contribution in [3.05, 3.63) is 28.3 Å². The van der Waals surface area contributed by atoms with Crippen LogP contribution in [0.5, 0.6) is 5.75 Å². The topological polar surface area (TPSA) is 131 Å². The molecular weight excluding hydrogens is 324 g/mol. The first kappa shape index (κ1) is 16.7. The molecular formula is C13H14N4O5S. The predicted octanol–water partition coefficient (Wildman–Crippen LogP) is 2.34. The maximum atomic E-state index is 11.2. The molecule has 0 fully saturated rings. The quantitative estimate of drug-likeness (QED) is 0.447. The number of carbonyl (C=O) groups is 1. The van der Waals surface area contributed by atoms with Crippen molar-refractivity contribution in [1.82, 2.24) is 15.2 Å². The van der Waals surface area contributed by atoms with Crippen LogP contribution >= 0.6 is 11.8 Å². The van der Waals surface area contributed by atoms with E-state index in [1.54, 1.807) is 19.9 Å². The van der Waals surface area contributed by atoms with E-state index in [4.69, 9.17) is 9.84 Å². The highest BCUT2D eigenvalue weighted by molar-refractivity contribution is 7.99. The monoisotopic (exact) mass is 338 g/mol. The van der Waals surface area contributed by atoms with Crippen molar-refractivity contribution >= 4 is 23.4 Å². The number of hydrogen-bond acceptors (Lipinski definition) is 7. The average Bonchev–Trinajstić information content (AvgIpc) is 2.93. The second kappa shape index (κ2) is 7.09. The fourth-order valence-corrected chi connectivity index (χ4v) is 2.25. The summed E-state index contributed by atoms with van der Waals surface area (Å²) in [6.07, 6.45) is -0.191. The molecule has 1 heterocycles. The zero-order valence-corrected chi connectivity index (χ0v) is 13.2. The molecule has 0 aliphatic carbocycles. The van der Waals surface area contributed by atoms with Crippen LogP contribution in [0, 0.1) is 10.1 Å². The van der Waals surface area contributed by atoms with Gasteiger partial charge in [0, 0.05) is 11.6 Å². The molecule has 1 aromatic heterocycles. The highest BCUT2D eigenvalue weighted by Crippen LogP contribution is 2.32. The van der Waals surface area contributed by atoms with Crippen molar-refractivity contribution < 1.29 is 19.6 Å². The minimum Gasteiger partial charge on any atom is -0.484 e. The van der Waals surface area contributed by atoms with Crippen molar-refractivity contribution in [3.8, 4) is 17.1 Å². The Morgan fingerprint density at radius 1 is 1.52 bits per heavy atom. The van der Waals surface area contributed by atoms with Gasteiger partial charge in [-0.3, -0.25) is 20.0 Å². The van der Waals surface area contributed by atoms with Gasteiger partial charge >= 0.3 is 11.7 Å². The number of aromatic amines is 1. The maximum absolute atomic E-state index is 11.2. The number of aromatic nitrogens is 3. The van der Waals surface area contributed by atoms with E-state index in [-0.39, 0.29) is 28.5 Å². The molecule has 0 saturated heterocycles. The molecule has 0 aliphatic rings. The van der Waals surface area contributed by atoms with Crippen molar-refractivity contribution in [1.29, 1.82) is 0 Å². The summed E-state index contributed by atoms with van der Waals surface area (Å²) in [5, 5.41) is 26.6. The number of carboxylic acid groups (broad SMARTS) is 1.